The zero-order valence-corrected chi connectivity index (χ0v) is 46.9. The first kappa shape index (κ1) is 59.4. The largest absolute Gasteiger partial charge is 0.463 e. The minimum Gasteiger partial charge on any atom is -0.463 e. The minimum atomic E-state index is -0.945. The molecule has 426 valence electrons. The van der Waals surface area contributed by atoms with E-state index in [9.17, 15) is 33.9 Å². The van der Waals surface area contributed by atoms with Crippen LogP contribution in [0.3, 0.4) is 0 Å². The molecule has 1 fully saturated rings. The lowest BCUT2D eigenvalue weighted by molar-refractivity contribution is -0.145. The molecule has 0 spiro atoms. The number of morpholine rings is 1. The topological polar surface area (TPSA) is 286 Å². The molecule has 4 atom stereocenters. The van der Waals surface area contributed by atoms with Crippen LogP contribution in [0.1, 0.15) is 147 Å². The van der Waals surface area contributed by atoms with Crippen LogP contribution < -0.4 is 16.0 Å². The van der Waals surface area contributed by atoms with E-state index in [0.29, 0.717) is 101 Å². The van der Waals surface area contributed by atoms with Crippen LogP contribution in [0.2, 0.25) is 0 Å². The van der Waals surface area contributed by atoms with Crippen LogP contribution in [0.15, 0.2) is 24.3 Å². The van der Waals surface area contributed by atoms with E-state index in [-0.39, 0.29) is 70.4 Å². The first-order valence-electron chi connectivity index (χ1n) is 27.0. The number of H-pyrrole nitrogens is 2. The summed E-state index contributed by atoms with van der Waals surface area (Å²) in [6, 6.07) is 3.91. The van der Waals surface area contributed by atoms with Gasteiger partial charge in [-0.15, -0.1) is 0 Å². The van der Waals surface area contributed by atoms with Crippen molar-refractivity contribution in [2.24, 2.45) is 0 Å². The molecule has 22 nitrogen and oxygen atoms in total. The molecule has 0 aliphatic carbocycles. The third-order valence-electron chi connectivity index (χ3n) is 14.4. The molecule has 22 heteroatoms. The fraction of sp³-hybridized carbons (Fsp3) is 0.526. The van der Waals surface area contributed by atoms with E-state index in [4.69, 9.17) is 33.7 Å². The number of imide groups is 1. The third kappa shape index (κ3) is 14.3. The maximum atomic E-state index is 15.1. The Morgan fingerprint density at radius 3 is 2.25 bits per heavy atom. The van der Waals surface area contributed by atoms with Crippen molar-refractivity contribution in [3.63, 3.8) is 0 Å². The average Bonchev–Trinajstić information content (AvgIpc) is 4.09. The number of alkyl carbamates (subject to hydrolysis) is 1. The number of hydrogen-bond donors (Lipinski definition) is 6. The number of carbonyl (C=O) groups is 7. The summed E-state index contributed by atoms with van der Waals surface area (Å²) < 4.78 is 27.1. The minimum absolute atomic E-state index is 0.0148. The molecule has 8 bridgehead atoms. The number of ether oxygens (including phenoxy) is 5. The predicted molar refractivity (Wildman–Crippen MR) is 295 cm³/mol. The molecule has 79 heavy (non-hydrogen) atoms. The van der Waals surface area contributed by atoms with E-state index in [1.807, 2.05) is 52.8 Å². The van der Waals surface area contributed by atoms with Crippen molar-refractivity contribution in [3.05, 3.63) is 74.9 Å². The predicted octanol–water partition coefficient (Wildman–Crippen LogP) is 5.51. The molecule has 4 aliphatic rings. The SMILES string of the molecule is CCC1=C(C)c2cc3[nH]c(cc4nc(c5c6[nH]c(cc1n2)c(C)c6C(=O)N(CCN1CCOCC1)C5=O)[C@@H](CCC(=O)OCCO)[C@@H]4C)c(C)c3/C=C/C(=O)OCCOCCNC(=O)[C@H](C)NC(=O)[C@H](C)NC(=O)OC(C)(C)C. The number of carbonyl (C=O) groups excluding carboxylic acids is 7. The van der Waals surface area contributed by atoms with Crippen molar-refractivity contribution < 1.29 is 62.4 Å². The Morgan fingerprint density at radius 2 is 1.54 bits per heavy atom. The van der Waals surface area contributed by atoms with Crippen LogP contribution >= 0.6 is 0 Å². The number of nitrogens with zero attached hydrogens (tertiary/aromatic N) is 4. The molecule has 7 rings (SSSR count). The van der Waals surface area contributed by atoms with Gasteiger partial charge in [0.2, 0.25) is 11.8 Å². The molecular formula is C57H75N9O13. The number of rotatable bonds is 21. The second kappa shape index (κ2) is 26.1. The summed E-state index contributed by atoms with van der Waals surface area (Å²) in [5.74, 6) is -3.85. The summed E-state index contributed by atoms with van der Waals surface area (Å²) in [6.45, 7) is 20.7. The van der Waals surface area contributed by atoms with Crippen LogP contribution in [-0.2, 0) is 42.9 Å². The van der Waals surface area contributed by atoms with Crippen LogP contribution in [0.25, 0.3) is 39.3 Å². The summed E-state index contributed by atoms with van der Waals surface area (Å²) in [6.07, 6.45) is 3.13. The Labute approximate surface area is 459 Å². The van der Waals surface area contributed by atoms with Crippen LogP contribution in [0, 0.1) is 13.8 Å². The number of hydrogen-bond acceptors (Lipinski definition) is 16. The van der Waals surface area contributed by atoms with Gasteiger partial charge in [0.05, 0.1) is 66.8 Å². The van der Waals surface area contributed by atoms with E-state index >= 15 is 4.79 Å². The number of amides is 5. The summed E-state index contributed by atoms with van der Waals surface area (Å²) in [5.41, 5.74) is 8.68. The molecule has 7 heterocycles. The molecule has 4 aliphatic heterocycles. The van der Waals surface area contributed by atoms with Gasteiger partial charge in [-0.25, -0.2) is 14.6 Å². The molecule has 0 radical (unpaired) electrons. The van der Waals surface area contributed by atoms with E-state index < -0.39 is 65.3 Å². The van der Waals surface area contributed by atoms with E-state index in [1.54, 1.807) is 26.8 Å². The van der Waals surface area contributed by atoms with Gasteiger partial charge < -0.3 is 54.7 Å². The molecule has 3 aromatic rings. The molecule has 1 saturated heterocycles. The van der Waals surface area contributed by atoms with Crippen molar-refractivity contribution in [2.45, 2.75) is 118 Å². The van der Waals surface area contributed by atoms with Gasteiger partial charge in [0.15, 0.2) is 0 Å². The molecule has 0 unspecified atom stereocenters. The molecular weight excluding hydrogens is 1020 g/mol. The lowest BCUT2D eigenvalue weighted by Gasteiger charge is -2.31. The second-order valence-corrected chi connectivity index (χ2v) is 21.1. The Kier molecular flexibility index (Phi) is 19.6. The number of esters is 2. The highest BCUT2D eigenvalue weighted by Gasteiger charge is 2.41. The fourth-order valence-electron chi connectivity index (χ4n) is 9.99. The standard InChI is InChI=1S/C57H75N9O13/c1-11-37-31(2)41-29-45-38(12-14-47(69)78-27-26-75-22-16-58-52(70)35(6)59-53(71)36(7)60-56(74)79-57(8,9)10)32(3)40(62-45)28-42-33(4)39(13-15-46(68)77-25-21-67)50(63-42)49-51-48(34(5)43(64-51)30-44(37)61-41)54(72)66(55(49)73)18-17-65-19-23-76-24-20-65/h12,14,28-30,33,35-36,39,62,64,67H,11,13,15-27H2,1-10H3,(H,58,70)(H,59,71)(H,60,74)/b14-12+,40-28?,41-29?,42-28?,43-30?,44-30?,45-29?,50-49?/t33-,35-,36-,39-/m0/s1. The molecule has 0 aromatic carbocycles. The van der Waals surface area contributed by atoms with E-state index in [1.165, 1.54) is 24.8 Å². The molecule has 3 aromatic heterocycles. The number of aliphatic hydroxyl groups is 1. The van der Waals surface area contributed by atoms with Gasteiger partial charge in [-0.2, -0.15) is 0 Å². The van der Waals surface area contributed by atoms with Gasteiger partial charge >= 0.3 is 18.0 Å². The third-order valence-corrected chi connectivity index (χ3v) is 14.4. The first-order valence-corrected chi connectivity index (χ1v) is 27.0. The Balaban J connectivity index is 1.15. The van der Waals surface area contributed by atoms with Crippen molar-refractivity contribution in [1.29, 1.82) is 0 Å². The highest BCUT2D eigenvalue weighted by Crippen LogP contribution is 2.44. The number of aromatic amines is 2. The summed E-state index contributed by atoms with van der Waals surface area (Å²) in [7, 11) is 0. The molecule has 5 amide bonds. The fourth-order valence-corrected chi connectivity index (χ4v) is 9.99. The summed E-state index contributed by atoms with van der Waals surface area (Å²) >= 11 is 0. The first-order chi connectivity index (χ1) is 37.6. The van der Waals surface area contributed by atoms with E-state index in [2.05, 4.69) is 30.8 Å². The zero-order chi connectivity index (χ0) is 57.3. The van der Waals surface area contributed by atoms with Gasteiger partial charge in [-0.05, 0) is 115 Å². The summed E-state index contributed by atoms with van der Waals surface area (Å²) in [5, 5.41) is 17.0. The van der Waals surface area contributed by atoms with E-state index in [0.717, 1.165) is 16.7 Å². The van der Waals surface area contributed by atoms with Crippen molar-refractivity contribution >= 4 is 80.9 Å². The lowest BCUT2D eigenvalue weighted by Crippen LogP contribution is -2.52. The monoisotopic (exact) mass is 1090 g/mol. The summed E-state index contributed by atoms with van der Waals surface area (Å²) in [4.78, 5) is 114. The smallest absolute Gasteiger partial charge is 0.408 e. The zero-order valence-electron chi connectivity index (χ0n) is 46.9. The Bertz CT molecular complexity index is 3070. The number of allylic oxidation sites excluding steroid dienone is 2. The van der Waals surface area contributed by atoms with Crippen LogP contribution in [0.4, 0.5) is 4.79 Å². The molecule has 6 N–H and O–H groups in total. The van der Waals surface area contributed by atoms with Crippen LogP contribution in [-0.4, -0.2) is 173 Å². The van der Waals surface area contributed by atoms with Crippen molar-refractivity contribution in [2.75, 3.05) is 79.0 Å². The maximum absolute atomic E-state index is 15.1. The van der Waals surface area contributed by atoms with Gasteiger partial charge in [-0.3, -0.25) is 38.8 Å². The van der Waals surface area contributed by atoms with Crippen molar-refractivity contribution in [3.8, 4) is 0 Å². The Hall–Kier alpha value is -7.27. The highest BCUT2D eigenvalue weighted by molar-refractivity contribution is 6.23. The number of aliphatic hydroxyl groups excluding tert-OH is 1. The normalized spacial score (nSPS) is 17.4. The average molecular weight is 1090 g/mol. The van der Waals surface area contributed by atoms with Gasteiger partial charge in [0.25, 0.3) is 11.8 Å². The van der Waals surface area contributed by atoms with Crippen molar-refractivity contribution in [1.82, 2.24) is 45.7 Å². The quantitative estimate of drug-likeness (QED) is 0.0252. The van der Waals surface area contributed by atoms with Gasteiger partial charge in [-0.1, -0.05) is 13.8 Å². The number of fused-ring (bicyclic) bond motifs is 8. The Morgan fingerprint density at radius 1 is 0.848 bits per heavy atom. The highest BCUT2D eigenvalue weighted by atomic mass is 16.6. The van der Waals surface area contributed by atoms with Gasteiger partial charge in [0.1, 0.15) is 30.9 Å². The number of aryl methyl sites for hydroxylation is 2. The van der Waals surface area contributed by atoms with Crippen LogP contribution in [0.5, 0.6) is 0 Å². The molecule has 0 saturated carbocycles. The van der Waals surface area contributed by atoms with Gasteiger partial charge in [0, 0.05) is 84.9 Å². The lowest BCUT2D eigenvalue weighted by atomic mass is 9.84. The number of aromatic nitrogens is 4. The number of nitrogens with one attached hydrogen (secondary N) is 5. The second-order valence-electron chi connectivity index (χ2n) is 21.1. The maximum Gasteiger partial charge on any atom is 0.408 e.